The third-order valence-corrected chi connectivity index (χ3v) is 7.74. The monoisotopic (exact) mass is 524 g/mol. The van der Waals surface area contributed by atoms with Crippen molar-refractivity contribution in [1.29, 1.82) is 0 Å². The second kappa shape index (κ2) is 8.76. The Hall–Kier alpha value is -1.39. The number of aliphatic hydroxyl groups excluding tert-OH is 1. The fraction of sp³-hybridized carbons (Fsp3) is 0.545. The van der Waals surface area contributed by atoms with Crippen molar-refractivity contribution in [2.75, 3.05) is 6.61 Å². The van der Waals surface area contributed by atoms with Gasteiger partial charge in [-0.25, -0.2) is 28.1 Å². The van der Waals surface area contributed by atoms with Crippen LogP contribution in [0.15, 0.2) is 11.1 Å². The summed E-state index contributed by atoms with van der Waals surface area (Å²) < 4.78 is 66.1. The molecule has 0 bridgehead atoms. The number of hydrogen-bond acceptors (Lipinski definition) is 11. The number of hydrogen-bond donors (Lipinski definition) is 6. The van der Waals surface area contributed by atoms with Crippen LogP contribution in [0.2, 0.25) is 0 Å². The Morgan fingerprint density at radius 1 is 1.22 bits per heavy atom. The lowest BCUT2D eigenvalue weighted by Gasteiger charge is -2.19. The third-order valence-electron chi connectivity index (χ3n) is 3.94. The summed E-state index contributed by atoms with van der Waals surface area (Å²) in [6.07, 6.45) is -6.27. The molecule has 1 fully saturated rings. The van der Waals surface area contributed by atoms with Crippen molar-refractivity contribution in [2.45, 2.75) is 31.5 Å². The van der Waals surface area contributed by atoms with Crippen LogP contribution in [0.25, 0.3) is 11.2 Å². The maximum absolute atomic E-state index is 14.7. The van der Waals surface area contributed by atoms with E-state index >= 15 is 0 Å². The average Bonchev–Trinajstić information content (AvgIpc) is 3.12. The lowest BCUT2D eigenvalue weighted by Crippen LogP contribution is -2.31. The molecule has 6 atom stereocenters. The number of nitrogens with zero attached hydrogens (tertiary/aromatic N) is 3. The van der Waals surface area contributed by atoms with Crippen molar-refractivity contribution in [3.8, 4) is 0 Å². The van der Waals surface area contributed by atoms with Crippen molar-refractivity contribution >= 4 is 34.6 Å². The number of aromatic amines is 1. The van der Waals surface area contributed by atoms with Gasteiger partial charge in [-0.15, -0.1) is 0 Å². The van der Waals surface area contributed by atoms with Gasteiger partial charge in [0, 0.05) is 0 Å². The number of aryl methyl sites for hydroxylation is 1. The van der Waals surface area contributed by atoms with E-state index in [1.807, 2.05) is 0 Å². The molecule has 2 aromatic rings. The Balaban J connectivity index is 1.72. The SMILES string of the molecule is Cc1nc2c(ncn2[C@@H]2O[C@H](COP(=O)(O)OP(=O)(O)OP(=O)(O)O)[C@H](O)C2F)c(=O)[nH]1. The Labute approximate surface area is 176 Å². The van der Waals surface area contributed by atoms with E-state index in [9.17, 15) is 32.9 Å². The predicted octanol–water partition coefficient (Wildman–Crippen LogP) is -0.632. The van der Waals surface area contributed by atoms with Crippen molar-refractivity contribution in [2.24, 2.45) is 0 Å². The molecule has 180 valence electrons. The summed E-state index contributed by atoms with van der Waals surface area (Å²) in [5.41, 5.74) is -0.818. The van der Waals surface area contributed by atoms with Crippen molar-refractivity contribution < 1.29 is 60.6 Å². The van der Waals surface area contributed by atoms with Crippen LogP contribution in [-0.2, 0) is 31.6 Å². The summed E-state index contributed by atoms with van der Waals surface area (Å²) in [6.45, 7) is 0.391. The van der Waals surface area contributed by atoms with Crippen LogP contribution < -0.4 is 5.56 Å². The van der Waals surface area contributed by atoms with Crippen LogP contribution in [0.5, 0.6) is 0 Å². The number of rotatable bonds is 8. The van der Waals surface area contributed by atoms with Crippen molar-refractivity contribution in [3.63, 3.8) is 0 Å². The van der Waals surface area contributed by atoms with Gasteiger partial charge in [0.2, 0.25) is 0 Å². The molecule has 1 saturated heterocycles. The highest BCUT2D eigenvalue weighted by atomic mass is 31.3. The minimum Gasteiger partial charge on any atom is -0.387 e. The van der Waals surface area contributed by atoms with Crippen LogP contribution in [0, 0.1) is 6.92 Å². The molecule has 3 heterocycles. The van der Waals surface area contributed by atoms with E-state index in [2.05, 4.69) is 28.1 Å². The molecule has 6 N–H and O–H groups in total. The molecule has 0 spiro atoms. The molecule has 0 aromatic carbocycles. The minimum absolute atomic E-state index is 0.0698. The fourth-order valence-corrected chi connectivity index (χ4v) is 5.79. The van der Waals surface area contributed by atoms with Crippen LogP contribution >= 0.6 is 23.5 Å². The minimum atomic E-state index is -5.74. The number of fused-ring (bicyclic) bond motifs is 1. The molecule has 32 heavy (non-hydrogen) atoms. The van der Waals surface area contributed by atoms with Crippen LogP contribution in [0.1, 0.15) is 12.1 Å². The van der Waals surface area contributed by atoms with Gasteiger partial charge in [-0.3, -0.25) is 13.9 Å². The number of aliphatic hydroxyl groups is 1. The van der Waals surface area contributed by atoms with Gasteiger partial charge in [0.1, 0.15) is 18.0 Å². The molecule has 0 aliphatic carbocycles. The number of ether oxygens (including phenoxy) is 1. The van der Waals surface area contributed by atoms with E-state index in [1.165, 1.54) is 6.92 Å². The zero-order valence-electron chi connectivity index (χ0n) is 15.7. The van der Waals surface area contributed by atoms with Crippen LogP contribution in [0.3, 0.4) is 0 Å². The molecule has 17 nitrogen and oxygen atoms in total. The smallest absolute Gasteiger partial charge is 0.387 e. The highest BCUT2D eigenvalue weighted by Gasteiger charge is 2.48. The highest BCUT2D eigenvalue weighted by molar-refractivity contribution is 7.66. The van der Waals surface area contributed by atoms with E-state index in [4.69, 9.17) is 19.4 Å². The number of nitrogens with one attached hydrogen (secondary N) is 1. The standard InChI is InChI=1S/C11H16FN4O13P3/c1-4-14-9-7(10(18)15-4)13-3-16(9)11-6(12)8(17)5(27-11)2-26-31(22,23)29-32(24,25)28-30(19,20)21/h3,5-6,8,11,17H,2H2,1H3,(H,22,23)(H,24,25)(H,14,15,18)(H2,19,20,21)/t5-,6?,8+,11-/m1/s1. The molecule has 3 rings (SSSR count). The molecule has 1 aliphatic rings. The van der Waals surface area contributed by atoms with Gasteiger partial charge in [0.25, 0.3) is 5.56 Å². The second-order valence-electron chi connectivity index (χ2n) is 6.36. The number of phosphoric acid groups is 3. The molecule has 2 aromatic heterocycles. The van der Waals surface area contributed by atoms with Crippen molar-refractivity contribution in [1.82, 2.24) is 19.5 Å². The predicted molar refractivity (Wildman–Crippen MR) is 97.5 cm³/mol. The molecule has 21 heteroatoms. The zero-order chi connectivity index (χ0) is 24.1. The third kappa shape index (κ3) is 5.75. The Morgan fingerprint density at radius 2 is 1.88 bits per heavy atom. The van der Waals surface area contributed by atoms with E-state index in [-0.39, 0.29) is 17.0 Å². The van der Waals surface area contributed by atoms with Gasteiger partial charge in [-0.2, -0.15) is 8.62 Å². The summed E-state index contributed by atoms with van der Waals surface area (Å²) in [5.74, 6) is 0.183. The Bertz CT molecular complexity index is 1210. The number of halogens is 1. The van der Waals surface area contributed by atoms with E-state index in [0.29, 0.717) is 0 Å². The summed E-state index contributed by atoms with van der Waals surface area (Å²) in [4.78, 5) is 57.6. The molecule has 1 aliphatic heterocycles. The normalized spacial score (nSPS) is 28.0. The van der Waals surface area contributed by atoms with Crippen LogP contribution in [-0.4, -0.2) is 69.2 Å². The van der Waals surface area contributed by atoms with Gasteiger partial charge in [0.05, 0.1) is 12.9 Å². The number of aromatic nitrogens is 4. The first-order valence-corrected chi connectivity index (χ1v) is 12.8. The molecule has 3 unspecified atom stereocenters. The van der Waals surface area contributed by atoms with Crippen molar-refractivity contribution in [3.05, 3.63) is 22.5 Å². The first-order valence-electron chi connectivity index (χ1n) is 8.28. The second-order valence-corrected chi connectivity index (χ2v) is 10.8. The summed E-state index contributed by atoms with van der Waals surface area (Å²) in [7, 11) is -16.8. The van der Waals surface area contributed by atoms with Gasteiger partial charge in [-0.05, 0) is 6.92 Å². The molecule has 0 amide bonds. The van der Waals surface area contributed by atoms with Crippen LogP contribution in [0.4, 0.5) is 4.39 Å². The first kappa shape index (κ1) is 25.2. The largest absolute Gasteiger partial charge is 0.490 e. The molecule has 0 saturated carbocycles. The maximum Gasteiger partial charge on any atom is 0.490 e. The Morgan fingerprint density at radius 3 is 2.50 bits per heavy atom. The summed E-state index contributed by atoms with van der Waals surface area (Å²) in [6, 6.07) is 0. The summed E-state index contributed by atoms with van der Waals surface area (Å²) in [5, 5.41) is 10.0. The first-order chi connectivity index (χ1) is 14.6. The van der Waals surface area contributed by atoms with Gasteiger partial charge >= 0.3 is 23.5 Å². The fourth-order valence-electron chi connectivity index (χ4n) is 2.76. The maximum atomic E-state index is 14.7. The zero-order valence-corrected chi connectivity index (χ0v) is 18.3. The van der Waals surface area contributed by atoms with Gasteiger partial charge in [-0.1, -0.05) is 0 Å². The highest BCUT2D eigenvalue weighted by Crippen LogP contribution is 2.66. The molecular weight excluding hydrogens is 508 g/mol. The molecule has 0 radical (unpaired) electrons. The quantitative estimate of drug-likeness (QED) is 0.235. The average molecular weight is 524 g/mol. The number of phosphoric ester groups is 1. The number of imidazole rings is 1. The van der Waals surface area contributed by atoms with E-state index in [0.717, 1.165) is 10.9 Å². The van der Waals surface area contributed by atoms with E-state index in [1.54, 1.807) is 0 Å². The Kier molecular flexibility index (Phi) is 6.91. The van der Waals surface area contributed by atoms with Gasteiger partial charge < -0.3 is 34.4 Å². The lowest BCUT2D eigenvalue weighted by atomic mass is 10.1. The number of H-pyrrole nitrogens is 1. The number of alkyl halides is 1. The lowest BCUT2D eigenvalue weighted by molar-refractivity contribution is -0.0450. The topological polar surface area (TPSA) is 253 Å². The molecular formula is C11H16FN4O13P3. The summed E-state index contributed by atoms with van der Waals surface area (Å²) >= 11 is 0. The van der Waals surface area contributed by atoms with E-state index < -0.39 is 60.2 Å². The van der Waals surface area contributed by atoms with Gasteiger partial charge in [0.15, 0.2) is 23.6 Å².